The fourth-order valence-corrected chi connectivity index (χ4v) is 3.97. The van der Waals surface area contributed by atoms with E-state index < -0.39 is 10.0 Å². The number of rotatable bonds is 6. The number of benzene rings is 1. The highest BCUT2D eigenvalue weighted by molar-refractivity contribution is 9.10. The monoisotopic (exact) mass is 414 g/mol. The first-order valence-corrected chi connectivity index (χ1v) is 9.94. The first-order valence-electron chi connectivity index (χ1n) is 7.67. The maximum absolute atomic E-state index is 12.5. The van der Waals surface area contributed by atoms with Crippen molar-refractivity contribution in [2.24, 2.45) is 0 Å². The summed E-state index contributed by atoms with van der Waals surface area (Å²) in [6, 6.07) is 10.1. The van der Waals surface area contributed by atoms with Gasteiger partial charge in [-0.1, -0.05) is 15.9 Å². The molecule has 3 rings (SSSR count). The van der Waals surface area contributed by atoms with Crippen LogP contribution >= 0.6 is 15.9 Å². The van der Waals surface area contributed by atoms with Crippen molar-refractivity contribution >= 4 is 26.0 Å². The predicted octanol–water partition coefficient (Wildman–Crippen LogP) is 2.39. The van der Waals surface area contributed by atoms with E-state index in [1.165, 1.54) is 0 Å². The lowest BCUT2D eigenvalue weighted by molar-refractivity contribution is 0.0128. The van der Waals surface area contributed by atoms with E-state index in [-0.39, 0.29) is 17.5 Å². The maximum Gasteiger partial charge on any atom is 0.240 e. The summed E-state index contributed by atoms with van der Waals surface area (Å²) in [5, 5.41) is 0. The number of nitrogens with zero attached hydrogens (tertiary/aromatic N) is 1. The minimum absolute atomic E-state index is 0.158. The molecule has 1 aliphatic rings. The average molecular weight is 415 g/mol. The fourth-order valence-electron chi connectivity index (χ4n) is 2.67. The lowest BCUT2D eigenvalue weighted by atomic mass is 10.2. The molecule has 130 valence electrons. The van der Waals surface area contributed by atoms with Gasteiger partial charge in [-0.2, -0.15) is 0 Å². The van der Waals surface area contributed by atoms with Crippen molar-refractivity contribution in [3.05, 3.63) is 52.9 Å². The van der Waals surface area contributed by atoms with Gasteiger partial charge in [0, 0.05) is 24.1 Å². The van der Waals surface area contributed by atoms with Gasteiger partial charge >= 0.3 is 0 Å². The Morgan fingerprint density at radius 3 is 2.50 bits per heavy atom. The number of ether oxygens (including phenoxy) is 1. The van der Waals surface area contributed by atoms with Gasteiger partial charge in [0.1, 0.15) is 5.76 Å². The van der Waals surface area contributed by atoms with Gasteiger partial charge in [0.05, 0.1) is 30.4 Å². The highest BCUT2D eigenvalue weighted by Gasteiger charge is 2.26. The number of nitrogens with one attached hydrogen (secondary N) is 1. The highest BCUT2D eigenvalue weighted by atomic mass is 79.9. The second kappa shape index (κ2) is 7.79. The normalized spacial score (nSPS) is 17.7. The van der Waals surface area contributed by atoms with Gasteiger partial charge in [0.25, 0.3) is 0 Å². The first-order chi connectivity index (χ1) is 11.6. The van der Waals surface area contributed by atoms with Crippen LogP contribution in [0.25, 0.3) is 0 Å². The number of hydrogen-bond acceptors (Lipinski definition) is 5. The van der Waals surface area contributed by atoms with Gasteiger partial charge in [0.15, 0.2) is 0 Å². The third-order valence-corrected chi connectivity index (χ3v) is 5.92. The summed E-state index contributed by atoms with van der Waals surface area (Å²) in [5.41, 5.74) is 0. The molecule has 0 bridgehead atoms. The van der Waals surface area contributed by atoms with Gasteiger partial charge in [0.2, 0.25) is 10.0 Å². The highest BCUT2D eigenvalue weighted by Crippen LogP contribution is 2.23. The molecule has 24 heavy (non-hydrogen) atoms. The lowest BCUT2D eigenvalue weighted by Crippen LogP contribution is -2.43. The van der Waals surface area contributed by atoms with Crippen LogP contribution < -0.4 is 4.72 Å². The standard InChI is InChI=1S/C16H19BrN2O4S/c17-13-3-5-14(6-4-13)24(20,21)18-12-15(16-2-1-9-23-16)19-7-10-22-11-8-19/h1-6,9,15,18H,7-8,10-12H2. The Morgan fingerprint density at radius 1 is 1.17 bits per heavy atom. The van der Waals surface area contributed by atoms with E-state index in [2.05, 4.69) is 25.6 Å². The van der Waals surface area contributed by atoms with Gasteiger partial charge in [-0.25, -0.2) is 13.1 Å². The Morgan fingerprint density at radius 2 is 1.88 bits per heavy atom. The second-order valence-corrected chi connectivity index (χ2v) is 8.17. The van der Waals surface area contributed by atoms with Crippen molar-refractivity contribution in [1.82, 2.24) is 9.62 Å². The maximum atomic E-state index is 12.5. The Labute approximate surface area is 150 Å². The van der Waals surface area contributed by atoms with Gasteiger partial charge < -0.3 is 9.15 Å². The summed E-state index contributed by atoms with van der Waals surface area (Å²) < 4.78 is 39.4. The smallest absolute Gasteiger partial charge is 0.240 e. The zero-order valence-corrected chi connectivity index (χ0v) is 15.4. The number of sulfonamides is 1. The van der Waals surface area contributed by atoms with Gasteiger partial charge in [-0.3, -0.25) is 4.90 Å². The van der Waals surface area contributed by atoms with Crippen LogP contribution in [0, 0.1) is 0 Å². The minimum atomic E-state index is -3.57. The summed E-state index contributed by atoms with van der Waals surface area (Å²) in [5.74, 6) is 0.746. The Hall–Kier alpha value is -1.19. The molecule has 2 heterocycles. The number of hydrogen-bond donors (Lipinski definition) is 1. The lowest BCUT2D eigenvalue weighted by Gasteiger charge is -2.33. The molecule has 1 aromatic heterocycles. The average Bonchev–Trinajstić information content (AvgIpc) is 3.11. The molecule has 1 aromatic carbocycles. The van der Waals surface area contributed by atoms with Crippen molar-refractivity contribution in [1.29, 1.82) is 0 Å². The molecule has 0 radical (unpaired) electrons. The van der Waals surface area contributed by atoms with Crippen molar-refractivity contribution in [3.63, 3.8) is 0 Å². The van der Waals surface area contributed by atoms with E-state index in [1.807, 2.05) is 12.1 Å². The van der Waals surface area contributed by atoms with Crippen molar-refractivity contribution in [3.8, 4) is 0 Å². The molecule has 6 nitrogen and oxygen atoms in total. The molecule has 0 aliphatic carbocycles. The quantitative estimate of drug-likeness (QED) is 0.785. The van der Waals surface area contributed by atoms with Crippen LogP contribution in [-0.4, -0.2) is 46.2 Å². The Bertz CT molecular complexity index is 741. The summed E-state index contributed by atoms with van der Waals surface area (Å²) in [6.45, 7) is 3.00. The Kier molecular flexibility index (Phi) is 5.72. The molecule has 1 saturated heterocycles. The van der Waals surface area contributed by atoms with E-state index in [4.69, 9.17) is 9.15 Å². The number of furan rings is 1. The van der Waals surface area contributed by atoms with Crippen LogP contribution in [0.2, 0.25) is 0 Å². The molecule has 0 spiro atoms. The van der Waals surface area contributed by atoms with Crippen LogP contribution in [0.1, 0.15) is 11.8 Å². The summed E-state index contributed by atoms with van der Waals surface area (Å²) >= 11 is 3.31. The molecule has 2 aromatic rings. The zero-order valence-electron chi connectivity index (χ0n) is 13.0. The van der Waals surface area contributed by atoms with E-state index in [9.17, 15) is 8.42 Å². The van der Waals surface area contributed by atoms with Gasteiger partial charge in [-0.15, -0.1) is 0 Å². The predicted molar refractivity (Wildman–Crippen MR) is 93.2 cm³/mol. The summed E-state index contributed by atoms with van der Waals surface area (Å²) in [7, 11) is -3.57. The van der Waals surface area contributed by atoms with Crippen molar-refractivity contribution in [2.75, 3.05) is 32.8 Å². The molecule has 8 heteroatoms. The third-order valence-electron chi connectivity index (χ3n) is 3.95. The SMILES string of the molecule is O=S(=O)(NCC(c1ccco1)N1CCOCC1)c1ccc(Br)cc1. The third kappa shape index (κ3) is 4.25. The molecule has 1 atom stereocenters. The number of halogens is 1. The molecule has 1 N–H and O–H groups in total. The fraction of sp³-hybridized carbons (Fsp3) is 0.375. The van der Waals surface area contributed by atoms with Crippen molar-refractivity contribution in [2.45, 2.75) is 10.9 Å². The van der Waals surface area contributed by atoms with E-state index >= 15 is 0 Å². The molecule has 1 fully saturated rings. The molecule has 1 aliphatic heterocycles. The van der Waals surface area contributed by atoms with Crippen LogP contribution in [0.4, 0.5) is 0 Å². The van der Waals surface area contributed by atoms with Crippen LogP contribution in [0.5, 0.6) is 0 Å². The van der Waals surface area contributed by atoms with Gasteiger partial charge in [-0.05, 0) is 36.4 Å². The summed E-state index contributed by atoms with van der Waals surface area (Å²) in [6.07, 6.45) is 1.60. The summed E-state index contributed by atoms with van der Waals surface area (Å²) in [4.78, 5) is 2.41. The van der Waals surface area contributed by atoms with E-state index in [1.54, 1.807) is 30.5 Å². The molecular weight excluding hydrogens is 396 g/mol. The van der Waals surface area contributed by atoms with Crippen LogP contribution in [0.3, 0.4) is 0 Å². The molecule has 0 amide bonds. The zero-order chi connectivity index (χ0) is 17.0. The van der Waals surface area contributed by atoms with E-state index in [0.29, 0.717) is 13.2 Å². The van der Waals surface area contributed by atoms with Crippen molar-refractivity contribution < 1.29 is 17.6 Å². The molecular formula is C16H19BrN2O4S. The van der Waals surface area contributed by atoms with Crippen LogP contribution in [0.15, 0.2) is 56.4 Å². The number of morpholine rings is 1. The topological polar surface area (TPSA) is 71.8 Å². The Balaban J connectivity index is 1.74. The first kappa shape index (κ1) is 17.6. The van der Waals surface area contributed by atoms with Crippen LogP contribution in [-0.2, 0) is 14.8 Å². The molecule has 0 saturated carbocycles. The second-order valence-electron chi connectivity index (χ2n) is 5.49. The largest absolute Gasteiger partial charge is 0.468 e. The molecule has 1 unspecified atom stereocenters. The van der Waals surface area contributed by atoms with E-state index in [0.717, 1.165) is 23.3 Å². The minimum Gasteiger partial charge on any atom is -0.468 e.